The molecular weight excluding hydrogens is 430 g/mol. The molecule has 34 heavy (non-hydrogen) atoms. The van der Waals surface area contributed by atoms with Crippen LogP contribution < -0.4 is 20.1 Å². The van der Waals surface area contributed by atoms with E-state index in [9.17, 15) is 4.79 Å². The first kappa shape index (κ1) is 21.5. The molecule has 3 aromatic carbocycles. The summed E-state index contributed by atoms with van der Waals surface area (Å²) in [6.07, 6.45) is 0.775. The van der Waals surface area contributed by atoms with Gasteiger partial charge in [0.25, 0.3) is 11.9 Å². The van der Waals surface area contributed by atoms with E-state index >= 15 is 0 Å². The summed E-state index contributed by atoms with van der Waals surface area (Å²) in [4.78, 5) is 17.0. The topological polar surface area (TPSA) is 90.3 Å². The van der Waals surface area contributed by atoms with Crippen molar-refractivity contribution in [2.75, 3.05) is 24.4 Å². The Morgan fingerprint density at radius 3 is 2.38 bits per heavy atom. The Morgan fingerprint density at radius 2 is 1.68 bits per heavy atom. The van der Waals surface area contributed by atoms with E-state index in [0.29, 0.717) is 11.7 Å². The number of benzene rings is 3. The lowest BCUT2D eigenvalue weighted by Crippen LogP contribution is -2.28. The van der Waals surface area contributed by atoms with Crippen molar-refractivity contribution >= 4 is 17.8 Å². The molecule has 0 bridgehead atoms. The first-order valence-corrected chi connectivity index (χ1v) is 11.1. The molecule has 0 aliphatic carbocycles. The minimum absolute atomic E-state index is 0.0257. The van der Waals surface area contributed by atoms with Gasteiger partial charge in [-0.05, 0) is 41.8 Å². The Kier molecular flexibility index (Phi) is 6.11. The van der Waals surface area contributed by atoms with E-state index < -0.39 is 0 Å². The van der Waals surface area contributed by atoms with Crippen molar-refractivity contribution in [3.8, 4) is 11.5 Å². The van der Waals surface area contributed by atoms with Crippen LogP contribution in [0.1, 0.15) is 29.6 Å². The third-order valence-corrected chi connectivity index (χ3v) is 5.76. The second kappa shape index (κ2) is 9.66. The fraction of sp³-hybridized carbons (Fsp3) is 0.192. The smallest absolute Gasteiger partial charge is 0.264 e. The van der Waals surface area contributed by atoms with Gasteiger partial charge in [0.05, 0.1) is 19.2 Å². The molecule has 0 fully saturated rings. The zero-order valence-electron chi connectivity index (χ0n) is 18.7. The van der Waals surface area contributed by atoms with Crippen LogP contribution in [0.2, 0.25) is 0 Å². The number of hydrogen-bond donors (Lipinski definition) is 2. The van der Waals surface area contributed by atoms with Crippen LogP contribution in [-0.4, -0.2) is 34.4 Å². The number of aromatic nitrogens is 3. The summed E-state index contributed by atoms with van der Waals surface area (Å²) in [6, 6.07) is 27.4. The second-order valence-electron chi connectivity index (χ2n) is 7.99. The maximum absolute atomic E-state index is 12.4. The maximum atomic E-state index is 12.4. The second-order valence-corrected chi connectivity index (χ2v) is 7.99. The van der Waals surface area contributed by atoms with Gasteiger partial charge < -0.3 is 14.8 Å². The third kappa shape index (κ3) is 4.71. The van der Waals surface area contributed by atoms with Crippen molar-refractivity contribution in [1.29, 1.82) is 0 Å². The first-order chi connectivity index (χ1) is 16.7. The molecule has 172 valence electrons. The molecule has 2 atom stereocenters. The SMILES string of the molecule is COc1ccc(C2CC(c3ccccc3)n3nc(NC(=O)COc4ccccc4)nc3N2)cc1. The quantitative estimate of drug-likeness (QED) is 0.428. The van der Waals surface area contributed by atoms with Gasteiger partial charge >= 0.3 is 0 Å². The largest absolute Gasteiger partial charge is 0.497 e. The molecule has 4 aromatic rings. The number of carbonyl (C=O) groups excluding carboxylic acids is 1. The molecule has 0 saturated heterocycles. The number of ether oxygens (including phenoxy) is 2. The highest BCUT2D eigenvalue weighted by atomic mass is 16.5. The number of amides is 1. The molecule has 8 nitrogen and oxygen atoms in total. The summed E-state index contributed by atoms with van der Waals surface area (Å²) in [7, 11) is 1.66. The Bertz CT molecular complexity index is 1240. The van der Waals surface area contributed by atoms with Gasteiger partial charge in [0.2, 0.25) is 5.95 Å². The van der Waals surface area contributed by atoms with Crippen LogP contribution in [0.4, 0.5) is 11.9 Å². The number of fused-ring (bicyclic) bond motifs is 1. The highest BCUT2D eigenvalue weighted by Gasteiger charge is 2.31. The Labute approximate surface area is 197 Å². The number of nitrogens with zero attached hydrogens (tertiary/aromatic N) is 3. The Hall–Kier alpha value is -4.33. The number of rotatable bonds is 7. The lowest BCUT2D eigenvalue weighted by Gasteiger charge is -2.31. The van der Waals surface area contributed by atoms with Gasteiger partial charge in [-0.25, -0.2) is 4.68 Å². The lowest BCUT2D eigenvalue weighted by atomic mass is 9.93. The molecular formula is C26H25N5O3. The number of para-hydroxylation sites is 1. The van der Waals surface area contributed by atoms with E-state index in [4.69, 9.17) is 9.47 Å². The van der Waals surface area contributed by atoms with E-state index in [2.05, 4.69) is 32.8 Å². The average Bonchev–Trinajstić information content (AvgIpc) is 3.30. The summed E-state index contributed by atoms with van der Waals surface area (Å²) < 4.78 is 12.7. The molecule has 1 aliphatic rings. The van der Waals surface area contributed by atoms with Gasteiger partial charge in [-0.15, -0.1) is 5.10 Å². The monoisotopic (exact) mass is 455 g/mol. The van der Waals surface area contributed by atoms with Gasteiger partial charge in [-0.1, -0.05) is 60.7 Å². The van der Waals surface area contributed by atoms with Crippen LogP contribution in [0.3, 0.4) is 0 Å². The molecule has 0 spiro atoms. The van der Waals surface area contributed by atoms with E-state index in [-0.39, 0.29) is 30.5 Å². The minimum atomic E-state index is -0.324. The number of nitrogens with one attached hydrogen (secondary N) is 2. The molecule has 1 aromatic heterocycles. The van der Waals surface area contributed by atoms with Crippen molar-refractivity contribution in [3.63, 3.8) is 0 Å². The van der Waals surface area contributed by atoms with Crippen LogP contribution in [-0.2, 0) is 4.79 Å². The van der Waals surface area contributed by atoms with Gasteiger partial charge in [-0.2, -0.15) is 4.98 Å². The fourth-order valence-electron chi connectivity index (χ4n) is 4.06. The molecule has 0 radical (unpaired) electrons. The summed E-state index contributed by atoms with van der Waals surface area (Å²) in [5.74, 6) is 1.95. The first-order valence-electron chi connectivity index (χ1n) is 11.1. The van der Waals surface area contributed by atoms with Gasteiger partial charge in [0.15, 0.2) is 6.61 Å². The van der Waals surface area contributed by atoms with Gasteiger partial charge in [-0.3, -0.25) is 10.1 Å². The standard InChI is InChI=1S/C26H25N5O3/c1-33-20-14-12-18(13-15-20)22-16-23(19-8-4-2-5-9-19)31-26(27-22)29-25(30-31)28-24(32)17-34-21-10-6-3-7-11-21/h2-15,22-23H,16-17H2,1H3,(H2,27,28,29,30,32). The van der Waals surface area contributed by atoms with E-state index in [1.54, 1.807) is 19.2 Å². The number of anilines is 2. The van der Waals surface area contributed by atoms with E-state index in [1.165, 1.54) is 0 Å². The predicted molar refractivity (Wildman–Crippen MR) is 129 cm³/mol. The normalized spacial score (nSPS) is 16.7. The highest BCUT2D eigenvalue weighted by Crippen LogP contribution is 2.38. The number of methoxy groups -OCH3 is 1. The van der Waals surface area contributed by atoms with Crippen molar-refractivity contribution in [1.82, 2.24) is 14.8 Å². The molecule has 8 heteroatoms. The Morgan fingerprint density at radius 1 is 0.971 bits per heavy atom. The summed E-state index contributed by atoms with van der Waals surface area (Å²) in [5, 5.41) is 10.8. The maximum Gasteiger partial charge on any atom is 0.264 e. The number of hydrogen-bond acceptors (Lipinski definition) is 6. The van der Waals surface area contributed by atoms with Crippen molar-refractivity contribution in [2.24, 2.45) is 0 Å². The fourth-order valence-corrected chi connectivity index (χ4v) is 4.06. The van der Waals surface area contributed by atoms with Crippen LogP contribution in [0, 0.1) is 0 Å². The van der Waals surface area contributed by atoms with E-state index in [0.717, 1.165) is 23.3 Å². The minimum Gasteiger partial charge on any atom is -0.497 e. The number of carbonyl (C=O) groups is 1. The molecule has 2 N–H and O–H groups in total. The zero-order valence-corrected chi connectivity index (χ0v) is 18.7. The molecule has 1 aliphatic heterocycles. The molecule has 2 heterocycles. The summed E-state index contributed by atoms with van der Waals surface area (Å²) in [6.45, 7) is -0.127. The van der Waals surface area contributed by atoms with Gasteiger partial charge in [0, 0.05) is 0 Å². The lowest BCUT2D eigenvalue weighted by molar-refractivity contribution is -0.118. The Balaban J connectivity index is 1.37. The average molecular weight is 456 g/mol. The third-order valence-electron chi connectivity index (χ3n) is 5.76. The van der Waals surface area contributed by atoms with Crippen molar-refractivity contribution < 1.29 is 14.3 Å². The summed E-state index contributed by atoms with van der Waals surface area (Å²) in [5.41, 5.74) is 2.25. The van der Waals surface area contributed by atoms with Gasteiger partial charge in [0.1, 0.15) is 11.5 Å². The molecule has 1 amide bonds. The van der Waals surface area contributed by atoms with E-state index in [1.807, 2.05) is 65.3 Å². The van der Waals surface area contributed by atoms with Crippen LogP contribution >= 0.6 is 0 Å². The van der Waals surface area contributed by atoms with Crippen LogP contribution in [0.25, 0.3) is 0 Å². The molecule has 2 unspecified atom stereocenters. The summed E-state index contributed by atoms with van der Waals surface area (Å²) >= 11 is 0. The highest BCUT2D eigenvalue weighted by molar-refractivity contribution is 5.90. The van der Waals surface area contributed by atoms with Crippen LogP contribution in [0.5, 0.6) is 11.5 Å². The van der Waals surface area contributed by atoms with Crippen molar-refractivity contribution in [3.05, 3.63) is 96.1 Å². The van der Waals surface area contributed by atoms with Crippen LogP contribution in [0.15, 0.2) is 84.9 Å². The molecule has 5 rings (SSSR count). The zero-order chi connectivity index (χ0) is 23.3. The van der Waals surface area contributed by atoms with Crippen molar-refractivity contribution in [2.45, 2.75) is 18.5 Å². The molecule has 0 saturated carbocycles. The predicted octanol–water partition coefficient (Wildman–Crippen LogP) is 4.45.